The fourth-order valence-electron chi connectivity index (χ4n) is 2.81. The van der Waals surface area contributed by atoms with Crippen molar-refractivity contribution in [3.63, 3.8) is 0 Å². The van der Waals surface area contributed by atoms with Crippen LogP contribution in [0.25, 0.3) is 10.8 Å². The van der Waals surface area contributed by atoms with Crippen LogP contribution in [0.5, 0.6) is 0 Å². The van der Waals surface area contributed by atoms with Gasteiger partial charge in [0.05, 0.1) is 17.7 Å². The van der Waals surface area contributed by atoms with Gasteiger partial charge >= 0.3 is 5.97 Å². The number of aromatic nitrogens is 2. The number of carbonyl (C=O) groups is 1. The van der Waals surface area contributed by atoms with Crippen LogP contribution in [0.1, 0.15) is 17.3 Å². The predicted molar refractivity (Wildman–Crippen MR) is 104 cm³/mol. The Labute approximate surface area is 157 Å². The Morgan fingerprint density at radius 3 is 2.59 bits per heavy atom. The molecule has 2 N–H and O–H groups in total. The highest BCUT2D eigenvalue weighted by Crippen LogP contribution is 2.31. The highest BCUT2D eigenvalue weighted by molar-refractivity contribution is 7.93. The van der Waals surface area contributed by atoms with Gasteiger partial charge in [-0.15, -0.1) is 0 Å². The summed E-state index contributed by atoms with van der Waals surface area (Å²) in [7, 11) is -0.184. The average Bonchev–Trinajstić information content (AvgIpc) is 3.08. The zero-order chi connectivity index (χ0) is 19.6. The van der Waals surface area contributed by atoms with Crippen LogP contribution in [-0.2, 0) is 14.8 Å². The first-order valence-corrected chi connectivity index (χ1v) is 9.76. The quantitative estimate of drug-likeness (QED) is 0.629. The minimum absolute atomic E-state index is 0.0228. The van der Waals surface area contributed by atoms with Gasteiger partial charge in [0.1, 0.15) is 11.4 Å². The van der Waals surface area contributed by atoms with Crippen LogP contribution in [0.2, 0.25) is 0 Å². The molecule has 0 radical (unpaired) electrons. The van der Waals surface area contributed by atoms with Crippen molar-refractivity contribution in [3.05, 3.63) is 48.2 Å². The molecule has 0 unspecified atom stereocenters. The molecule has 0 saturated heterocycles. The second-order valence-corrected chi connectivity index (χ2v) is 7.66. The summed E-state index contributed by atoms with van der Waals surface area (Å²) in [6.45, 7) is 1.84. The van der Waals surface area contributed by atoms with E-state index in [9.17, 15) is 13.2 Å². The van der Waals surface area contributed by atoms with Crippen molar-refractivity contribution < 1.29 is 17.9 Å². The number of rotatable bonds is 6. The fourth-order valence-corrected chi connectivity index (χ4v) is 4.07. The number of sulfonamides is 1. The van der Waals surface area contributed by atoms with Crippen molar-refractivity contribution in [2.75, 3.05) is 30.3 Å². The van der Waals surface area contributed by atoms with E-state index in [2.05, 4.69) is 14.9 Å². The topological polar surface area (TPSA) is 104 Å². The van der Waals surface area contributed by atoms with Gasteiger partial charge < -0.3 is 9.64 Å². The molecular weight excluding hydrogens is 368 g/mol. The standard InChI is InChI=1S/C18H20N4O4S/c1-4-26-18(23)14-11-19-20-17(14)21-27(24,25)16-10-6-7-12-13(16)8-5-9-15(12)22(2)3/h5-11H,4H2,1-3H3,(H2,19,20,21). The second kappa shape index (κ2) is 7.28. The molecule has 0 aliphatic heterocycles. The van der Waals surface area contributed by atoms with Gasteiger partial charge in [-0.05, 0) is 19.1 Å². The minimum atomic E-state index is -3.97. The van der Waals surface area contributed by atoms with E-state index in [1.54, 1.807) is 25.1 Å². The van der Waals surface area contributed by atoms with E-state index in [4.69, 9.17) is 4.74 Å². The molecule has 3 rings (SSSR count). The molecule has 27 heavy (non-hydrogen) atoms. The van der Waals surface area contributed by atoms with Crippen LogP contribution in [0, 0.1) is 0 Å². The van der Waals surface area contributed by atoms with Gasteiger partial charge in [0.2, 0.25) is 0 Å². The summed E-state index contributed by atoms with van der Waals surface area (Å²) in [5, 5.41) is 7.63. The molecule has 2 aromatic carbocycles. The van der Waals surface area contributed by atoms with Crippen molar-refractivity contribution in [2.24, 2.45) is 0 Å². The van der Waals surface area contributed by atoms with E-state index in [1.165, 1.54) is 12.3 Å². The summed E-state index contributed by atoms with van der Waals surface area (Å²) >= 11 is 0. The first kappa shape index (κ1) is 18.7. The molecule has 9 heteroatoms. The molecule has 8 nitrogen and oxygen atoms in total. The monoisotopic (exact) mass is 388 g/mol. The lowest BCUT2D eigenvalue weighted by Crippen LogP contribution is -2.17. The summed E-state index contributed by atoms with van der Waals surface area (Å²) in [6, 6.07) is 10.5. The Hall–Kier alpha value is -3.07. The maximum atomic E-state index is 13.0. The Morgan fingerprint density at radius 2 is 1.89 bits per heavy atom. The summed E-state index contributed by atoms with van der Waals surface area (Å²) in [5.41, 5.74) is 0.924. The van der Waals surface area contributed by atoms with Crippen LogP contribution < -0.4 is 9.62 Å². The molecule has 0 spiro atoms. The molecule has 0 atom stereocenters. The number of H-pyrrole nitrogens is 1. The van der Waals surface area contributed by atoms with Crippen molar-refractivity contribution in [3.8, 4) is 0 Å². The number of fused-ring (bicyclic) bond motifs is 1. The smallest absolute Gasteiger partial charge is 0.343 e. The summed E-state index contributed by atoms with van der Waals surface area (Å²) in [4.78, 5) is 14.0. The zero-order valence-corrected chi connectivity index (χ0v) is 16.0. The lowest BCUT2D eigenvalue weighted by atomic mass is 10.1. The van der Waals surface area contributed by atoms with Crippen LogP contribution in [0.3, 0.4) is 0 Å². The molecule has 0 amide bonds. The van der Waals surface area contributed by atoms with Gasteiger partial charge in [0.15, 0.2) is 0 Å². The highest BCUT2D eigenvalue weighted by Gasteiger charge is 2.23. The van der Waals surface area contributed by atoms with E-state index in [-0.39, 0.29) is 22.9 Å². The van der Waals surface area contributed by atoms with Crippen LogP contribution in [0.4, 0.5) is 11.5 Å². The van der Waals surface area contributed by atoms with Gasteiger partial charge in [-0.25, -0.2) is 13.2 Å². The van der Waals surface area contributed by atoms with E-state index in [0.29, 0.717) is 5.39 Å². The normalized spacial score (nSPS) is 11.4. The van der Waals surface area contributed by atoms with Crippen LogP contribution in [0.15, 0.2) is 47.5 Å². The highest BCUT2D eigenvalue weighted by atomic mass is 32.2. The number of anilines is 2. The molecule has 0 aliphatic carbocycles. The summed E-state index contributed by atoms with van der Waals surface area (Å²) < 4.78 is 33.3. The van der Waals surface area contributed by atoms with Gasteiger partial charge in [-0.2, -0.15) is 5.10 Å². The fraction of sp³-hybridized carbons (Fsp3) is 0.222. The predicted octanol–water partition coefficient (Wildman–Crippen LogP) is 2.61. The van der Waals surface area contributed by atoms with E-state index in [0.717, 1.165) is 11.1 Å². The zero-order valence-electron chi connectivity index (χ0n) is 15.2. The van der Waals surface area contributed by atoms with Gasteiger partial charge in [0.25, 0.3) is 10.0 Å². The number of hydrogen-bond acceptors (Lipinski definition) is 6. The van der Waals surface area contributed by atoms with Gasteiger partial charge in [0, 0.05) is 30.6 Å². The first-order chi connectivity index (χ1) is 12.8. The Morgan fingerprint density at radius 1 is 1.19 bits per heavy atom. The average molecular weight is 388 g/mol. The lowest BCUT2D eigenvalue weighted by Gasteiger charge is -2.17. The Bertz CT molecular complexity index is 1090. The molecular formula is C18H20N4O4S. The summed E-state index contributed by atoms with van der Waals surface area (Å²) in [5.74, 6) is -0.689. The maximum absolute atomic E-state index is 13.0. The van der Waals surface area contributed by atoms with E-state index < -0.39 is 16.0 Å². The number of hydrogen-bond donors (Lipinski definition) is 2. The van der Waals surface area contributed by atoms with E-state index in [1.807, 2.05) is 31.1 Å². The molecule has 1 aromatic heterocycles. The third kappa shape index (κ3) is 3.59. The van der Waals surface area contributed by atoms with Crippen LogP contribution in [-0.4, -0.2) is 45.3 Å². The number of ether oxygens (including phenoxy) is 1. The first-order valence-electron chi connectivity index (χ1n) is 8.27. The SMILES string of the molecule is CCOC(=O)c1cn[nH]c1NS(=O)(=O)c1cccc2c(N(C)C)cccc12. The third-order valence-electron chi connectivity index (χ3n) is 4.00. The number of nitrogens with one attached hydrogen (secondary N) is 2. The Balaban J connectivity index is 2.06. The Kier molecular flexibility index (Phi) is 5.04. The summed E-state index contributed by atoms with van der Waals surface area (Å²) in [6.07, 6.45) is 1.23. The molecule has 3 aromatic rings. The van der Waals surface area contributed by atoms with Gasteiger partial charge in [-0.3, -0.25) is 9.82 Å². The molecule has 142 valence electrons. The van der Waals surface area contributed by atoms with Crippen molar-refractivity contribution in [2.45, 2.75) is 11.8 Å². The molecule has 0 saturated carbocycles. The number of esters is 1. The largest absolute Gasteiger partial charge is 0.462 e. The van der Waals surface area contributed by atoms with Crippen molar-refractivity contribution in [1.29, 1.82) is 0 Å². The molecule has 0 fully saturated rings. The van der Waals surface area contributed by atoms with E-state index >= 15 is 0 Å². The maximum Gasteiger partial charge on any atom is 0.343 e. The van der Waals surface area contributed by atoms with Crippen molar-refractivity contribution >= 4 is 38.3 Å². The second-order valence-electron chi connectivity index (χ2n) is 6.01. The van der Waals surface area contributed by atoms with Crippen molar-refractivity contribution in [1.82, 2.24) is 10.2 Å². The molecule has 0 aliphatic rings. The van der Waals surface area contributed by atoms with Crippen LogP contribution >= 0.6 is 0 Å². The third-order valence-corrected chi connectivity index (χ3v) is 5.41. The molecule has 1 heterocycles. The van der Waals surface area contributed by atoms with Gasteiger partial charge in [-0.1, -0.05) is 24.3 Å². The number of aromatic amines is 1. The molecule has 0 bridgehead atoms. The number of carbonyl (C=O) groups excluding carboxylic acids is 1. The minimum Gasteiger partial charge on any atom is -0.462 e. The number of benzene rings is 2. The number of nitrogens with zero attached hydrogens (tertiary/aromatic N) is 2. The lowest BCUT2D eigenvalue weighted by molar-refractivity contribution is 0.0527.